The maximum absolute atomic E-state index is 5.12. The summed E-state index contributed by atoms with van der Waals surface area (Å²) in [5.74, 6) is 1.44. The maximum atomic E-state index is 5.12. The summed E-state index contributed by atoms with van der Waals surface area (Å²) in [5, 5.41) is 0. The molecule has 0 saturated carbocycles. The minimum Gasteiger partial charge on any atom is -0.774 e. The Balaban J connectivity index is 0.000000443. The smallest absolute Gasteiger partial charge is 0.0630 e. The molecule has 0 aromatic heterocycles. The number of rotatable bonds is 4. The fourth-order valence-electron chi connectivity index (χ4n) is 1.25. The molecule has 0 unspecified atom stereocenters. The summed E-state index contributed by atoms with van der Waals surface area (Å²) in [6.07, 6.45) is 4.13. The molecule has 0 radical (unpaired) electrons. The van der Waals surface area contributed by atoms with Crippen molar-refractivity contribution < 1.29 is 16.5 Å². The van der Waals surface area contributed by atoms with Gasteiger partial charge in [-0.05, 0) is 12.5 Å². The van der Waals surface area contributed by atoms with Gasteiger partial charge in [0.05, 0.1) is 8.47 Å². The summed E-state index contributed by atoms with van der Waals surface area (Å²) in [4.78, 5) is 2.38. The monoisotopic (exact) mass is 598 g/mol. The van der Waals surface area contributed by atoms with Crippen LogP contribution in [0.4, 0.5) is 0 Å². The molecule has 2 heterocycles. The van der Waals surface area contributed by atoms with Crippen molar-refractivity contribution in [3.8, 4) is 0 Å². The third-order valence-corrected chi connectivity index (χ3v) is 13.1. The van der Waals surface area contributed by atoms with E-state index in [2.05, 4.69) is 37.8 Å². The number of thioether (sulfide) groups is 6. The number of hydrogen-bond donors (Lipinski definition) is 2. The first kappa shape index (κ1) is 28.1. The average Bonchev–Trinajstić information content (AvgIpc) is 2.59. The van der Waals surface area contributed by atoms with Crippen LogP contribution in [0.15, 0.2) is 35.2 Å². The van der Waals surface area contributed by atoms with Crippen LogP contribution < -0.4 is 0 Å². The second-order valence-corrected chi connectivity index (χ2v) is 13.4. The normalized spacial score (nSPS) is 18.1. The molecule has 0 atom stereocenters. The van der Waals surface area contributed by atoms with E-state index in [0.29, 0.717) is 0 Å². The van der Waals surface area contributed by atoms with Crippen LogP contribution in [0.1, 0.15) is 0 Å². The van der Waals surface area contributed by atoms with Crippen molar-refractivity contribution in [3.63, 3.8) is 0 Å². The minimum atomic E-state index is 0. The molecule has 0 aromatic rings. The molecule has 2 aliphatic heterocycles. The molecule has 0 N–H and O–H groups in total. The van der Waals surface area contributed by atoms with Crippen molar-refractivity contribution in [2.45, 2.75) is 0 Å². The van der Waals surface area contributed by atoms with Crippen LogP contribution >= 0.6 is 95.8 Å². The Hall–Kier alpha value is 3.13. The summed E-state index contributed by atoms with van der Waals surface area (Å²) >= 11 is 38.6. The molecule has 0 nitrogen and oxygen atoms in total. The molecular formula is C12H12NiS12-4. The predicted molar refractivity (Wildman–Crippen MR) is 143 cm³/mol. The Morgan fingerprint density at radius 3 is 1.20 bits per heavy atom. The van der Waals surface area contributed by atoms with Crippen LogP contribution in [0.25, 0.3) is 0 Å². The molecule has 25 heavy (non-hydrogen) atoms. The van der Waals surface area contributed by atoms with Gasteiger partial charge in [0.15, 0.2) is 0 Å². The van der Waals surface area contributed by atoms with Gasteiger partial charge in [0, 0.05) is 37.8 Å². The van der Waals surface area contributed by atoms with Crippen LogP contribution in [-0.4, -0.2) is 24.0 Å². The molecule has 2 rings (SSSR count). The van der Waals surface area contributed by atoms with Crippen LogP contribution in [0.2, 0.25) is 0 Å². The second-order valence-electron chi connectivity index (χ2n) is 3.70. The molecule has 0 aliphatic carbocycles. The summed E-state index contributed by atoms with van der Waals surface area (Å²) < 4.78 is 5.85. The summed E-state index contributed by atoms with van der Waals surface area (Å²) in [5.41, 5.74) is 0. The standard InChI is InChI=1S/2C6H8S6.Ni/c1-9-5-6(10-2)12-4(8)3(7)11-5;7-1-3-4(2-8)12-6(10)5(9)11-3;/h7-8H,1-2H3;7-10H,1-2H2;/p-4. The van der Waals surface area contributed by atoms with E-state index < -0.39 is 0 Å². The van der Waals surface area contributed by atoms with E-state index in [1.807, 2.05) is 0 Å². The number of thiol groups is 2. The van der Waals surface area contributed by atoms with Gasteiger partial charge in [0.1, 0.15) is 0 Å². The van der Waals surface area contributed by atoms with E-state index in [-0.39, 0.29) is 16.5 Å². The van der Waals surface area contributed by atoms with E-state index in [1.54, 1.807) is 70.6 Å². The largest absolute Gasteiger partial charge is 0.774 e. The molecule has 0 spiro atoms. The van der Waals surface area contributed by atoms with Crippen molar-refractivity contribution in [3.05, 3.63) is 35.2 Å². The SMILES string of the molecule is CSC1=C(SC)SC([S-])=C([S-])S1.[Ni].[S-]C1=C([S-])SC(CS)=C(CS)S1. The Kier molecular flexibility index (Phi) is 16.9. The van der Waals surface area contributed by atoms with E-state index in [0.717, 1.165) is 28.5 Å². The number of hydrogen-bond acceptors (Lipinski definition) is 12. The first-order chi connectivity index (χ1) is 11.4. The fourth-order valence-corrected chi connectivity index (χ4v) is 9.69. The third-order valence-electron chi connectivity index (χ3n) is 2.27. The molecular weight excluding hydrogens is 588 g/mol. The molecule has 0 aromatic carbocycles. The van der Waals surface area contributed by atoms with E-state index in [9.17, 15) is 0 Å². The van der Waals surface area contributed by atoms with Crippen molar-refractivity contribution >= 4 is 146 Å². The van der Waals surface area contributed by atoms with Crippen LogP contribution in [0, 0.1) is 0 Å². The fraction of sp³-hybridized carbons (Fsp3) is 0.333. The topological polar surface area (TPSA) is 0 Å². The van der Waals surface area contributed by atoms with E-state index in [4.69, 9.17) is 50.5 Å². The van der Waals surface area contributed by atoms with E-state index >= 15 is 0 Å². The van der Waals surface area contributed by atoms with Crippen molar-refractivity contribution in [1.29, 1.82) is 0 Å². The Morgan fingerprint density at radius 1 is 0.680 bits per heavy atom. The molecule has 0 fully saturated rings. The van der Waals surface area contributed by atoms with Gasteiger partial charge >= 0.3 is 0 Å². The summed E-state index contributed by atoms with van der Waals surface area (Å²) in [6.45, 7) is 0. The quantitative estimate of drug-likeness (QED) is 0.214. The molecule has 0 saturated heterocycles. The van der Waals surface area contributed by atoms with Gasteiger partial charge in [-0.1, -0.05) is 0 Å². The minimum absolute atomic E-state index is 0. The zero-order valence-corrected chi connectivity index (χ0v) is 23.6. The van der Waals surface area contributed by atoms with Gasteiger partial charge < -0.3 is 50.5 Å². The van der Waals surface area contributed by atoms with Crippen molar-refractivity contribution in [2.24, 2.45) is 0 Å². The van der Waals surface area contributed by atoms with Crippen LogP contribution in [-0.2, 0) is 67.0 Å². The Bertz CT molecular complexity index is 491. The average molecular weight is 600 g/mol. The van der Waals surface area contributed by atoms with Crippen LogP contribution in [0.5, 0.6) is 0 Å². The zero-order chi connectivity index (χ0) is 18.3. The zero-order valence-electron chi connectivity index (χ0n) is 12.7. The first-order valence-electron chi connectivity index (χ1n) is 6.01. The molecule has 146 valence electrons. The Labute approximate surface area is 219 Å². The summed E-state index contributed by atoms with van der Waals surface area (Å²) in [6, 6.07) is 0. The van der Waals surface area contributed by atoms with Gasteiger partial charge in [-0.15, -0.1) is 87.5 Å². The molecule has 0 bridgehead atoms. The van der Waals surface area contributed by atoms with Gasteiger partial charge in [0.2, 0.25) is 0 Å². The van der Waals surface area contributed by atoms with Gasteiger partial charge in [0.25, 0.3) is 0 Å². The van der Waals surface area contributed by atoms with E-state index in [1.165, 1.54) is 18.3 Å². The second kappa shape index (κ2) is 15.0. The van der Waals surface area contributed by atoms with Gasteiger partial charge in [-0.25, -0.2) is 0 Å². The maximum Gasteiger partial charge on any atom is 0.0630 e. The molecule has 2 aliphatic rings. The van der Waals surface area contributed by atoms with Gasteiger partial charge in [-0.3, -0.25) is 0 Å². The Morgan fingerprint density at radius 2 is 0.960 bits per heavy atom. The van der Waals surface area contributed by atoms with Crippen LogP contribution in [0.3, 0.4) is 0 Å². The molecule has 0 amide bonds. The van der Waals surface area contributed by atoms with Crippen molar-refractivity contribution in [1.82, 2.24) is 0 Å². The van der Waals surface area contributed by atoms with Crippen molar-refractivity contribution in [2.75, 3.05) is 24.0 Å². The molecule has 13 heteroatoms. The first-order valence-corrected chi connectivity index (χ1v) is 14.6. The third kappa shape index (κ3) is 9.21. The summed E-state index contributed by atoms with van der Waals surface area (Å²) in [7, 11) is 0. The predicted octanol–water partition coefficient (Wildman–Crippen LogP) is 6.29. The van der Waals surface area contributed by atoms with Gasteiger partial charge in [-0.2, -0.15) is 25.3 Å².